The molecule has 0 aromatic heterocycles. The molecule has 0 fully saturated rings. The van der Waals surface area contributed by atoms with Crippen LogP contribution in [0.3, 0.4) is 0 Å². The molecule has 94 valence electrons. The Hall–Kier alpha value is -1.34. The van der Waals surface area contributed by atoms with Crippen LogP contribution in [0.15, 0.2) is 0 Å². The Kier molecular flexibility index (Phi) is 17.2. The summed E-state index contributed by atoms with van der Waals surface area (Å²) in [6, 6.07) is 0. The molecule has 0 rings (SSSR count). The van der Waals surface area contributed by atoms with Gasteiger partial charge in [0.15, 0.2) is 0 Å². The summed E-state index contributed by atoms with van der Waals surface area (Å²) in [5.41, 5.74) is 12.2. The molecular formula is C8H17N3O5. The molecular weight excluding hydrogens is 218 g/mol. The second-order valence-corrected chi connectivity index (χ2v) is 2.36. The first-order chi connectivity index (χ1) is 7.68. The van der Waals surface area contributed by atoms with Crippen LogP contribution >= 0.6 is 0 Å². The largest absolute Gasteiger partial charge is 0.480 e. The zero-order valence-corrected chi connectivity index (χ0v) is 9.22. The van der Waals surface area contributed by atoms with E-state index in [1.165, 1.54) is 0 Å². The van der Waals surface area contributed by atoms with Gasteiger partial charge in [-0.2, -0.15) is 0 Å². The lowest BCUT2D eigenvalue weighted by Gasteiger charge is -2.03. The van der Waals surface area contributed by atoms with E-state index in [0.29, 0.717) is 33.0 Å². The highest BCUT2D eigenvalue weighted by molar-refractivity contribution is 5.67. The molecule has 0 spiro atoms. The van der Waals surface area contributed by atoms with Crippen LogP contribution in [0.5, 0.6) is 0 Å². The molecule has 0 aliphatic rings. The molecule has 0 aromatic carbocycles. The highest BCUT2D eigenvalue weighted by Gasteiger charge is 1.95. The van der Waals surface area contributed by atoms with Gasteiger partial charge in [-0.15, -0.1) is 5.53 Å². The minimum Gasteiger partial charge on any atom is -0.480 e. The van der Waals surface area contributed by atoms with E-state index >= 15 is 0 Å². The summed E-state index contributed by atoms with van der Waals surface area (Å²) >= 11 is 0. The highest BCUT2D eigenvalue weighted by atomic mass is 16.5. The van der Waals surface area contributed by atoms with E-state index in [1.807, 2.05) is 6.92 Å². The number of rotatable bonds is 9. The number of aliphatic carboxylic acids is 1. The maximum absolute atomic E-state index is 9.99. The second-order valence-electron chi connectivity index (χ2n) is 2.36. The number of carbonyl (C=O) groups is 1. The number of hydrogen-bond donors (Lipinski definition) is 2. The Labute approximate surface area is 93.5 Å². The molecule has 0 aliphatic heterocycles. The van der Waals surface area contributed by atoms with Gasteiger partial charge in [-0.1, -0.05) is 0 Å². The second kappa shape index (κ2) is 16.1. The van der Waals surface area contributed by atoms with Crippen molar-refractivity contribution in [1.29, 1.82) is 5.53 Å². The topological polar surface area (TPSA) is 125 Å². The molecule has 8 nitrogen and oxygen atoms in total. The molecule has 0 atom stereocenters. The Morgan fingerprint density at radius 3 is 2.12 bits per heavy atom. The number of carboxylic acids is 1. The third kappa shape index (κ3) is 23.0. The van der Waals surface area contributed by atoms with E-state index in [9.17, 15) is 4.79 Å². The van der Waals surface area contributed by atoms with Crippen LogP contribution in [0, 0.1) is 5.53 Å². The molecule has 0 saturated heterocycles. The van der Waals surface area contributed by atoms with Gasteiger partial charge in [0.05, 0.1) is 26.4 Å². The van der Waals surface area contributed by atoms with Crippen molar-refractivity contribution >= 4 is 5.97 Å². The van der Waals surface area contributed by atoms with Crippen LogP contribution < -0.4 is 0 Å². The molecule has 2 N–H and O–H groups in total. The molecule has 0 heterocycles. The lowest BCUT2D eigenvalue weighted by Crippen LogP contribution is -2.13. The fourth-order valence-corrected chi connectivity index (χ4v) is 0.642. The standard InChI is InChI=1S/C8H16O5.HN3/c1-2-11-3-4-12-5-6-13-7-8(9)10;1-3-2/h2-7H2,1H3,(H,9,10);1H. The molecule has 0 amide bonds. The average molecular weight is 235 g/mol. The van der Waals surface area contributed by atoms with E-state index in [1.54, 1.807) is 4.91 Å². The van der Waals surface area contributed by atoms with E-state index in [-0.39, 0.29) is 6.61 Å². The van der Waals surface area contributed by atoms with Gasteiger partial charge >= 0.3 is 5.97 Å². The lowest BCUT2D eigenvalue weighted by atomic mass is 10.7. The first-order valence-electron chi connectivity index (χ1n) is 4.64. The predicted molar refractivity (Wildman–Crippen MR) is 55.2 cm³/mol. The molecule has 0 saturated carbocycles. The Morgan fingerprint density at radius 2 is 1.69 bits per heavy atom. The first kappa shape index (κ1) is 17.1. The minimum atomic E-state index is -0.964. The molecule has 0 bridgehead atoms. The number of carboxylic acid groups (broad SMARTS) is 1. The van der Waals surface area contributed by atoms with E-state index < -0.39 is 5.97 Å². The molecule has 0 aliphatic carbocycles. The third-order valence-corrected chi connectivity index (χ3v) is 1.17. The SMILES string of the molecule is CCOCCOCCOCC(=O)O.[N-]=[N+]=N. The number of nitrogens with one attached hydrogen (secondary N) is 1. The van der Waals surface area contributed by atoms with Gasteiger partial charge in [-0.05, 0) is 17.4 Å². The summed E-state index contributed by atoms with van der Waals surface area (Å²) < 4.78 is 14.8. The van der Waals surface area contributed by atoms with Crippen LogP contribution in [0.2, 0.25) is 0 Å². The normalized spacial score (nSPS) is 8.81. The van der Waals surface area contributed by atoms with Crippen LogP contribution in [-0.2, 0) is 19.0 Å². The van der Waals surface area contributed by atoms with Gasteiger partial charge in [-0.3, -0.25) is 0 Å². The zero-order chi connectivity index (χ0) is 12.6. The maximum atomic E-state index is 9.99. The summed E-state index contributed by atoms with van der Waals surface area (Å²) in [5.74, 6) is -0.964. The van der Waals surface area contributed by atoms with Crippen molar-refractivity contribution in [2.24, 2.45) is 0 Å². The molecule has 0 radical (unpaired) electrons. The highest BCUT2D eigenvalue weighted by Crippen LogP contribution is 1.80. The molecule has 16 heavy (non-hydrogen) atoms. The summed E-state index contributed by atoms with van der Waals surface area (Å²) in [5, 5.41) is 8.20. The Bertz CT molecular complexity index is 194. The van der Waals surface area contributed by atoms with Crippen LogP contribution in [0.1, 0.15) is 6.92 Å². The fraction of sp³-hybridized carbons (Fsp3) is 0.875. The van der Waals surface area contributed by atoms with Crippen LogP contribution in [0.4, 0.5) is 0 Å². The fourth-order valence-electron chi connectivity index (χ4n) is 0.642. The average Bonchev–Trinajstić information content (AvgIpc) is 2.23. The van der Waals surface area contributed by atoms with Gasteiger partial charge in [0, 0.05) is 6.61 Å². The lowest BCUT2D eigenvalue weighted by molar-refractivity contribution is -0.142. The van der Waals surface area contributed by atoms with Crippen molar-refractivity contribution < 1.29 is 24.1 Å². The summed E-state index contributed by atoms with van der Waals surface area (Å²) in [6.45, 7) is 4.11. The van der Waals surface area contributed by atoms with Gasteiger partial charge in [0.1, 0.15) is 6.61 Å². The first-order valence-corrected chi connectivity index (χ1v) is 4.64. The van der Waals surface area contributed by atoms with Crippen molar-refractivity contribution in [1.82, 2.24) is 0 Å². The minimum absolute atomic E-state index is 0.269. The number of nitrogens with zero attached hydrogens (tertiary/aromatic N) is 2. The quantitative estimate of drug-likeness (QED) is 0.267. The Balaban J connectivity index is 0. The summed E-state index contributed by atoms with van der Waals surface area (Å²) in [7, 11) is 0. The van der Waals surface area contributed by atoms with E-state index in [4.69, 9.17) is 30.4 Å². The van der Waals surface area contributed by atoms with Crippen molar-refractivity contribution in [3.8, 4) is 0 Å². The molecule has 8 heteroatoms. The smallest absolute Gasteiger partial charge is 0.329 e. The van der Waals surface area contributed by atoms with Crippen LogP contribution in [0.25, 0.3) is 10.4 Å². The van der Waals surface area contributed by atoms with Crippen molar-refractivity contribution in [3.05, 3.63) is 10.4 Å². The zero-order valence-electron chi connectivity index (χ0n) is 9.22. The monoisotopic (exact) mass is 235 g/mol. The van der Waals surface area contributed by atoms with Gasteiger partial charge in [0.2, 0.25) is 0 Å². The summed E-state index contributed by atoms with van der Waals surface area (Å²) in [4.78, 5) is 11.7. The van der Waals surface area contributed by atoms with E-state index in [2.05, 4.69) is 0 Å². The Morgan fingerprint density at radius 1 is 1.25 bits per heavy atom. The molecule has 0 aromatic rings. The van der Waals surface area contributed by atoms with Crippen LogP contribution in [-0.4, -0.2) is 50.7 Å². The van der Waals surface area contributed by atoms with Crippen molar-refractivity contribution in [3.63, 3.8) is 0 Å². The van der Waals surface area contributed by atoms with Gasteiger partial charge < -0.3 is 19.3 Å². The molecule has 0 unspecified atom stereocenters. The van der Waals surface area contributed by atoms with Crippen molar-refractivity contribution in [2.75, 3.05) is 39.6 Å². The van der Waals surface area contributed by atoms with E-state index in [0.717, 1.165) is 0 Å². The third-order valence-electron chi connectivity index (χ3n) is 1.17. The number of ether oxygens (including phenoxy) is 3. The van der Waals surface area contributed by atoms with Gasteiger partial charge in [0.25, 0.3) is 0 Å². The maximum Gasteiger partial charge on any atom is 0.329 e. The number of hydrogen-bond acceptors (Lipinski definition) is 5. The summed E-state index contributed by atoms with van der Waals surface area (Å²) in [6.07, 6.45) is 0. The predicted octanol–water partition coefficient (Wildman–Crippen LogP) is 1.02. The van der Waals surface area contributed by atoms with Gasteiger partial charge in [-0.25, -0.2) is 4.79 Å². The van der Waals surface area contributed by atoms with Crippen molar-refractivity contribution in [2.45, 2.75) is 6.92 Å².